The summed E-state index contributed by atoms with van der Waals surface area (Å²) in [6.45, 7) is 0.496. The fraction of sp³-hybridized carbons (Fsp3) is 0.241. The molecular weight excluding hydrogens is 561 g/mol. The molecule has 1 saturated heterocycles. The first-order valence-electron chi connectivity index (χ1n) is 13.0. The van der Waals surface area contributed by atoms with Crippen LogP contribution in [0, 0.1) is 11.6 Å². The van der Waals surface area contributed by atoms with Crippen LogP contribution in [0.1, 0.15) is 28.9 Å². The maximum Gasteiger partial charge on any atom is 0.573 e. The van der Waals surface area contributed by atoms with Crippen LogP contribution in [0.5, 0.6) is 5.75 Å². The van der Waals surface area contributed by atoms with Crippen LogP contribution in [0.15, 0.2) is 67.0 Å². The fourth-order valence-electron chi connectivity index (χ4n) is 5.42. The lowest BCUT2D eigenvalue weighted by molar-refractivity contribution is -0.274. The largest absolute Gasteiger partial charge is 0.573 e. The minimum absolute atomic E-state index is 0.0104. The highest BCUT2D eigenvalue weighted by atomic mass is 19.4. The molecule has 2 aromatic heterocycles. The number of carbonyl (C=O) groups excluding carboxylic acids is 2. The van der Waals surface area contributed by atoms with Gasteiger partial charge in [-0.3, -0.25) is 14.6 Å². The van der Waals surface area contributed by atoms with Crippen LogP contribution >= 0.6 is 0 Å². The fourth-order valence-corrected chi connectivity index (χ4v) is 5.42. The lowest BCUT2D eigenvalue weighted by Gasteiger charge is -2.36. The van der Waals surface area contributed by atoms with Gasteiger partial charge in [-0.15, -0.1) is 13.2 Å². The van der Waals surface area contributed by atoms with Crippen molar-refractivity contribution in [2.75, 3.05) is 18.0 Å². The lowest BCUT2D eigenvalue weighted by Crippen LogP contribution is -2.48. The molecule has 4 aromatic rings. The predicted octanol–water partition coefficient (Wildman–Crippen LogP) is 5.31. The van der Waals surface area contributed by atoms with Gasteiger partial charge in [-0.2, -0.15) is 5.10 Å². The molecule has 1 fully saturated rings. The number of hydrogen-bond acceptors (Lipinski definition) is 5. The Balaban J connectivity index is 1.23. The molecule has 4 heterocycles. The molecule has 216 valence electrons. The third-order valence-electron chi connectivity index (χ3n) is 7.32. The summed E-state index contributed by atoms with van der Waals surface area (Å²) in [7, 11) is 0. The molecule has 0 bridgehead atoms. The number of benzene rings is 2. The van der Waals surface area contributed by atoms with E-state index in [0.29, 0.717) is 35.3 Å². The topological polar surface area (TPSA) is 80.6 Å². The van der Waals surface area contributed by atoms with Gasteiger partial charge in [0.05, 0.1) is 23.5 Å². The first-order valence-corrected chi connectivity index (χ1v) is 13.0. The van der Waals surface area contributed by atoms with E-state index in [0.717, 1.165) is 18.2 Å². The van der Waals surface area contributed by atoms with E-state index in [-0.39, 0.29) is 42.7 Å². The number of piperidine rings is 1. The number of halogens is 5. The summed E-state index contributed by atoms with van der Waals surface area (Å²) < 4.78 is 71.8. The van der Waals surface area contributed by atoms with Crippen molar-refractivity contribution in [2.45, 2.75) is 31.7 Å². The summed E-state index contributed by atoms with van der Waals surface area (Å²) in [5.41, 5.74) is 2.00. The molecule has 0 N–H and O–H groups in total. The van der Waals surface area contributed by atoms with Crippen molar-refractivity contribution in [1.82, 2.24) is 19.7 Å². The molecule has 0 radical (unpaired) electrons. The van der Waals surface area contributed by atoms with Gasteiger partial charge in [0, 0.05) is 37.1 Å². The average Bonchev–Trinajstić information content (AvgIpc) is 3.57. The van der Waals surface area contributed by atoms with Gasteiger partial charge in [0.15, 0.2) is 17.3 Å². The molecule has 42 heavy (non-hydrogen) atoms. The number of nitrogens with zero attached hydrogens (tertiary/aromatic N) is 5. The van der Waals surface area contributed by atoms with E-state index in [1.165, 1.54) is 27.8 Å². The Hall–Kier alpha value is -4.81. The molecule has 2 aliphatic rings. The molecule has 0 spiro atoms. The Morgan fingerprint density at radius 2 is 1.74 bits per heavy atom. The smallest absolute Gasteiger partial charge is 0.406 e. The normalized spacial score (nSPS) is 15.7. The van der Waals surface area contributed by atoms with Crippen molar-refractivity contribution in [3.8, 4) is 22.7 Å². The van der Waals surface area contributed by atoms with Gasteiger partial charge in [-0.25, -0.2) is 13.5 Å². The zero-order chi connectivity index (χ0) is 29.6. The maximum absolute atomic E-state index is 14.6. The van der Waals surface area contributed by atoms with Crippen LogP contribution < -0.4 is 9.64 Å². The standard InChI is InChI=1S/C29H22F5N5O3/c30-22-8-3-17-14-25(40)38(27(17)26(22)31)19-9-12-37(13-10-19)28(41)23-15-24(18-2-1-11-35-16-18)39(36-23)20-4-6-21(7-5-20)42-29(32,33)34/h1-8,11,15-16,19H,9-10,12-14H2. The molecule has 2 aliphatic heterocycles. The van der Waals surface area contributed by atoms with Crippen molar-refractivity contribution in [1.29, 1.82) is 0 Å². The summed E-state index contributed by atoms with van der Waals surface area (Å²) >= 11 is 0. The number of pyridine rings is 1. The van der Waals surface area contributed by atoms with Crippen LogP contribution in [-0.2, 0) is 11.2 Å². The SMILES string of the molecule is O=C(c1cc(-c2cccnc2)n(-c2ccc(OC(F)(F)F)cc2)n1)N1CCC(N2C(=O)Cc3ccc(F)c(F)c32)CC1. The third kappa shape index (κ3) is 5.17. The summed E-state index contributed by atoms with van der Waals surface area (Å²) in [5.74, 6) is -3.18. The minimum atomic E-state index is -4.84. The van der Waals surface area contributed by atoms with E-state index in [1.807, 2.05) is 0 Å². The number of fused-ring (bicyclic) bond motifs is 1. The van der Waals surface area contributed by atoms with Gasteiger partial charge >= 0.3 is 6.36 Å². The number of amides is 2. The molecule has 2 amide bonds. The summed E-state index contributed by atoms with van der Waals surface area (Å²) in [6.07, 6.45) is -0.997. The first-order chi connectivity index (χ1) is 20.1. The molecule has 0 unspecified atom stereocenters. The molecule has 8 nitrogen and oxygen atoms in total. The molecule has 0 aliphatic carbocycles. The van der Waals surface area contributed by atoms with Crippen molar-refractivity contribution in [2.24, 2.45) is 0 Å². The van der Waals surface area contributed by atoms with Gasteiger partial charge in [-0.05, 0) is 66.9 Å². The molecular formula is C29H22F5N5O3. The Morgan fingerprint density at radius 3 is 2.40 bits per heavy atom. The second-order valence-electron chi connectivity index (χ2n) is 9.94. The zero-order valence-electron chi connectivity index (χ0n) is 21.8. The summed E-state index contributed by atoms with van der Waals surface area (Å²) in [4.78, 5) is 33.2. The Morgan fingerprint density at radius 1 is 1.00 bits per heavy atom. The highest BCUT2D eigenvalue weighted by Crippen LogP contribution is 2.37. The van der Waals surface area contributed by atoms with Crippen LogP contribution in [0.25, 0.3) is 16.9 Å². The van der Waals surface area contributed by atoms with Gasteiger partial charge in [0.2, 0.25) is 5.91 Å². The number of aromatic nitrogens is 3. The van der Waals surface area contributed by atoms with Crippen molar-refractivity contribution >= 4 is 17.5 Å². The Labute approximate surface area is 235 Å². The summed E-state index contributed by atoms with van der Waals surface area (Å²) in [5, 5.41) is 4.47. The second kappa shape index (κ2) is 10.5. The first kappa shape index (κ1) is 27.4. The number of anilines is 1. The molecule has 0 saturated carbocycles. The molecule has 6 rings (SSSR count). The Bertz CT molecular complexity index is 1650. The van der Waals surface area contributed by atoms with Gasteiger partial charge < -0.3 is 14.5 Å². The van der Waals surface area contributed by atoms with E-state index >= 15 is 0 Å². The molecule has 13 heteroatoms. The van der Waals surface area contributed by atoms with Crippen LogP contribution in [-0.4, -0.2) is 57.0 Å². The second-order valence-corrected chi connectivity index (χ2v) is 9.94. The maximum atomic E-state index is 14.6. The number of rotatable bonds is 5. The van der Waals surface area contributed by atoms with E-state index < -0.39 is 29.8 Å². The Kier molecular flexibility index (Phi) is 6.87. The monoisotopic (exact) mass is 583 g/mol. The van der Waals surface area contributed by atoms with Crippen LogP contribution in [0.4, 0.5) is 27.6 Å². The predicted molar refractivity (Wildman–Crippen MR) is 140 cm³/mol. The highest BCUT2D eigenvalue weighted by Gasteiger charge is 2.39. The average molecular weight is 584 g/mol. The van der Waals surface area contributed by atoms with Gasteiger partial charge in [-0.1, -0.05) is 6.07 Å². The van der Waals surface area contributed by atoms with Crippen molar-refractivity contribution in [3.05, 3.63) is 89.9 Å². The summed E-state index contributed by atoms with van der Waals surface area (Å²) in [6, 6.07) is 12.1. The van der Waals surface area contributed by atoms with E-state index in [9.17, 15) is 31.5 Å². The van der Waals surface area contributed by atoms with Gasteiger partial charge in [0.1, 0.15) is 5.75 Å². The van der Waals surface area contributed by atoms with E-state index in [2.05, 4.69) is 14.8 Å². The van der Waals surface area contributed by atoms with E-state index in [4.69, 9.17) is 0 Å². The third-order valence-corrected chi connectivity index (χ3v) is 7.32. The quantitative estimate of drug-likeness (QED) is 0.298. The lowest BCUT2D eigenvalue weighted by atomic mass is 10.0. The van der Waals surface area contributed by atoms with Crippen molar-refractivity contribution < 1.29 is 36.3 Å². The number of alkyl halides is 3. The van der Waals surface area contributed by atoms with E-state index in [1.54, 1.807) is 35.5 Å². The molecule has 2 aromatic carbocycles. The van der Waals surface area contributed by atoms with Crippen LogP contribution in [0.3, 0.4) is 0 Å². The number of hydrogen-bond donors (Lipinski definition) is 0. The number of ether oxygens (including phenoxy) is 1. The van der Waals surface area contributed by atoms with Crippen molar-refractivity contribution in [3.63, 3.8) is 0 Å². The zero-order valence-corrected chi connectivity index (χ0v) is 21.8. The van der Waals surface area contributed by atoms with Crippen LogP contribution in [0.2, 0.25) is 0 Å². The molecule has 0 atom stereocenters. The van der Waals surface area contributed by atoms with Gasteiger partial charge in [0.25, 0.3) is 5.91 Å². The highest BCUT2D eigenvalue weighted by molar-refractivity contribution is 6.02. The number of likely N-dealkylation sites (tertiary alicyclic amines) is 1. The minimum Gasteiger partial charge on any atom is -0.406 e. The number of carbonyl (C=O) groups is 2.